The van der Waals surface area contributed by atoms with Crippen LogP contribution in [0.4, 0.5) is 0 Å². The molecule has 2 rings (SSSR count). The predicted molar refractivity (Wildman–Crippen MR) is 54.9 cm³/mol. The molecule has 3 atom stereocenters. The molecule has 0 radical (unpaired) electrons. The lowest BCUT2D eigenvalue weighted by atomic mass is 10.1. The highest BCUT2D eigenvalue weighted by Gasteiger charge is 2.38. The van der Waals surface area contributed by atoms with E-state index in [2.05, 4.69) is 5.32 Å². The number of amides is 2. The zero-order chi connectivity index (χ0) is 11.0. The van der Waals surface area contributed by atoms with Crippen LogP contribution in [0, 0.1) is 0 Å². The third-order valence-electron chi connectivity index (χ3n) is 3.42. The maximum Gasteiger partial charge on any atom is 0.243 e. The van der Waals surface area contributed by atoms with Crippen LogP contribution < -0.4 is 11.1 Å². The van der Waals surface area contributed by atoms with Crippen molar-refractivity contribution < 1.29 is 9.59 Å². The van der Waals surface area contributed by atoms with Crippen LogP contribution in [0.1, 0.15) is 26.2 Å². The van der Waals surface area contributed by atoms with Crippen molar-refractivity contribution in [2.24, 2.45) is 5.73 Å². The number of nitrogens with one attached hydrogen (secondary N) is 1. The Balaban J connectivity index is 2.12. The fraction of sp³-hybridized carbons (Fsp3) is 0.800. The first-order chi connectivity index (χ1) is 7.09. The average Bonchev–Trinajstić information content (AvgIpc) is 2.58. The summed E-state index contributed by atoms with van der Waals surface area (Å²) in [5.74, 6) is -0.414. The fourth-order valence-corrected chi connectivity index (χ4v) is 2.52. The number of nitrogens with two attached hydrogens (primary N) is 1. The Morgan fingerprint density at radius 3 is 2.73 bits per heavy atom. The largest absolute Gasteiger partial charge is 0.326 e. The Kier molecular flexibility index (Phi) is 2.75. The fourth-order valence-electron chi connectivity index (χ4n) is 2.52. The molecule has 2 fully saturated rings. The molecule has 3 N–H and O–H groups in total. The molecular weight excluding hydrogens is 194 g/mol. The first-order valence-electron chi connectivity index (χ1n) is 5.44. The van der Waals surface area contributed by atoms with Gasteiger partial charge in [-0.3, -0.25) is 19.8 Å². The molecule has 0 bridgehead atoms. The van der Waals surface area contributed by atoms with Crippen molar-refractivity contribution >= 4 is 11.8 Å². The van der Waals surface area contributed by atoms with Gasteiger partial charge >= 0.3 is 0 Å². The van der Waals surface area contributed by atoms with Crippen LogP contribution in [-0.4, -0.2) is 41.4 Å². The Bertz CT molecular complexity index is 292. The highest BCUT2D eigenvalue weighted by atomic mass is 16.2. The van der Waals surface area contributed by atoms with Crippen molar-refractivity contribution in [3.05, 3.63) is 0 Å². The van der Waals surface area contributed by atoms with Gasteiger partial charge < -0.3 is 5.73 Å². The van der Waals surface area contributed by atoms with Crippen molar-refractivity contribution in [2.75, 3.05) is 6.54 Å². The number of carbonyl (C=O) groups excluding carboxylic acids is 2. The molecule has 1 saturated heterocycles. The molecule has 1 aliphatic carbocycles. The van der Waals surface area contributed by atoms with Crippen molar-refractivity contribution in [1.29, 1.82) is 0 Å². The van der Waals surface area contributed by atoms with Gasteiger partial charge in [-0.05, 0) is 19.8 Å². The van der Waals surface area contributed by atoms with Crippen LogP contribution in [0.25, 0.3) is 0 Å². The number of carbonyl (C=O) groups is 2. The summed E-state index contributed by atoms with van der Waals surface area (Å²) < 4.78 is 0. The second-order valence-electron chi connectivity index (χ2n) is 4.42. The highest BCUT2D eigenvalue weighted by molar-refractivity contribution is 6.00. The topological polar surface area (TPSA) is 75.4 Å². The Labute approximate surface area is 89.0 Å². The van der Waals surface area contributed by atoms with E-state index < -0.39 is 0 Å². The van der Waals surface area contributed by atoms with E-state index in [0.717, 1.165) is 19.3 Å². The van der Waals surface area contributed by atoms with Gasteiger partial charge in [-0.15, -0.1) is 0 Å². The summed E-state index contributed by atoms with van der Waals surface area (Å²) in [6.07, 6.45) is 3.07. The molecule has 2 aliphatic rings. The number of piperazine rings is 1. The van der Waals surface area contributed by atoms with Crippen molar-refractivity contribution in [1.82, 2.24) is 10.2 Å². The van der Waals surface area contributed by atoms with E-state index >= 15 is 0 Å². The molecule has 3 unspecified atom stereocenters. The third-order valence-corrected chi connectivity index (χ3v) is 3.42. The van der Waals surface area contributed by atoms with E-state index in [1.54, 1.807) is 0 Å². The summed E-state index contributed by atoms with van der Waals surface area (Å²) >= 11 is 0. The summed E-state index contributed by atoms with van der Waals surface area (Å²) in [4.78, 5) is 24.7. The molecule has 5 nitrogen and oxygen atoms in total. The SMILES string of the molecule is CC1C(=O)NC(=O)CN1C1CCCC1N. The van der Waals surface area contributed by atoms with Gasteiger partial charge in [-0.2, -0.15) is 0 Å². The molecule has 84 valence electrons. The normalized spacial score (nSPS) is 38.1. The summed E-state index contributed by atoms with van der Waals surface area (Å²) in [7, 11) is 0. The molecule has 1 heterocycles. The average molecular weight is 211 g/mol. The van der Waals surface area contributed by atoms with Crippen LogP contribution in [-0.2, 0) is 9.59 Å². The zero-order valence-electron chi connectivity index (χ0n) is 8.90. The van der Waals surface area contributed by atoms with E-state index in [1.807, 2.05) is 11.8 Å². The van der Waals surface area contributed by atoms with Gasteiger partial charge in [-0.25, -0.2) is 0 Å². The summed E-state index contributed by atoms with van der Waals surface area (Å²) in [5, 5.41) is 2.34. The lowest BCUT2D eigenvalue weighted by molar-refractivity contribution is -0.141. The monoisotopic (exact) mass is 211 g/mol. The molecule has 5 heteroatoms. The third kappa shape index (κ3) is 1.89. The number of hydrogen-bond donors (Lipinski definition) is 2. The lowest BCUT2D eigenvalue weighted by Gasteiger charge is -2.37. The summed E-state index contributed by atoms with van der Waals surface area (Å²) in [6, 6.07) is 0.0537. The molecule has 2 amide bonds. The van der Waals surface area contributed by atoms with Gasteiger partial charge in [0.15, 0.2) is 0 Å². The Morgan fingerprint density at radius 1 is 1.40 bits per heavy atom. The standard InChI is InChI=1S/C10H17N3O2/c1-6-10(15)12-9(14)5-13(6)8-4-2-3-7(8)11/h6-8H,2-5,11H2,1H3,(H,12,14,15). The highest BCUT2D eigenvalue weighted by Crippen LogP contribution is 2.25. The second kappa shape index (κ2) is 3.90. The second-order valence-corrected chi connectivity index (χ2v) is 4.42. The molecule has 0 aromatic rings. The van der Waals surface area contributed by atoms with E-state index in [0.29, 0.717) is 6.54 Å². The van der Waals surface area contributed by atoms with E-state index in [1.165, 1.54) is 0 Å². The summed E-state index contributed by atoms with van der Waals surface area (Å²) in [6.45, 7) is 2.12. The maximum absolute atomic E-state index is 11.5. The molecule has 0 spiro atoms. The quantitative estimate of drug-likeness (QED) is 0.557. The van der Waals surface area contributed by atoms with Crippen LogP contribution in [0.5, 0.6) is 0 Å². The molecular formula is C10H17N3O2. The smallest absolute Gasteiger partial charge is 0.243 e. The predicted octanol–water partition coefficient (Wildman–Crippen LogP) is -0.787. The molecule has 0 aromatic carbocycles. The van der Waals surface area contributed by atoms with Crippen LogP contribution >= 0.6 is 0 Å². The molecule has 15 heavy (non-hydrogen) atoms. The molecule has 1 saturated carbocycles. The number of nitrogens with zero attached hydrogens (tertiary/aromatic N) is 1. The van der Waals surface area contributed by atoms with Gasteiger partial charge in [0.1, 0.15) is 0 Å². The van der Waals surface area contributed by atoms with Crippen molar-refractivity contribution in [3.8, 4) is 0 Å². The van der Waals surface area contributed by atoms with Crippen LogP contribution in [0.3, 0.4) is 0 Å². The zero-order valence-corrected chi connectivity index (χ0v) is 8.90. The summed E-state index contributed by atoms with van der Waals surface area (Å²) in [5.41, 5.74) is 5.98. The van der Waals surface area contributed by atoms with E-state index in [9.17, 15) is 9.59 Å². The maximum atomic E-state index is 11.5. The molecule has 1 aliphatic heterocycles. The van der Waals surface area contributed by atoms with Crippen molar-refractivity contribution in [2.45, 2.75) is 44.3 Å². The first kappa shape index (κ1) is 10.6. The van der Waals surface area contributed by atoms with Gasteiger partial charge in [0.05, 0.1) is 12.6 Å². The van der Waals surface area contributed by atoms with Crippen LogP contribution in [0.2, 0.25) is 0 Å². The number of rotatable bonds is 1. The van der Waals surface area contributed by atoms with Crippen LogP contribution in [0.15, 0.2) is 0 Å². The van der Waals surface area contributed by atoms with Gasteiger partial charge in [0.25, 0.3) is 0 Å². The minimum atomic E-state index is -0.239. The van der Waals surface area contributed by atoms with Crippen molar-refractivity contribution in [3.63, 3.8) is 0 Å². The van der Waals surface area contributed by atoms with Gasteiger partial charge in [-0.1, -0.05) is 6.42 Å². The number of imide groups is 1. The molecule has 0 aromatic heterocycles. The number of hydrogen-bond acceptors (Lipinski definition) is 4. The minimum Gasteiger partial charge on any atom is -0.326 e. The lowest BCUT2D eigenvalue weighted by Crippen LogP contribution is -2.61. The van der Waals surface area contributed by atoms with E-state index in [4.69, 9.17) is 5.73 Å². The Hall–Kier alpha value is -0.940. The minimum absolute atomic E-state index is 0.103. The van der Waals surface area contributed by atoms with Gasteiger partial charge in [0, 0.05) is 12.1 Å². The first-order valence-corrected chi connectivity index (χ1v) is 5.44. The van der Waals surface area contributed by atoms with Gasteiger partial charge in [0.2, 0.25) is 11.8 Å². The van der Waals surface area contributed by atoms with E-state index in [-0.39, 0.29) is 29.9 Å². The Morgan fingerprint density at radius 2 is 2.13 bits per heavy atom.